The summed E-state index contributed by atoms with van der Waals surface area (Å²) in [5.74, 6) is 2.26. The molecule has 1 amide bonds. The van der Waals surface area contributed by atoms with Crippen LogP contribution in [0.1, 0.15) is 10.4 Å². The first-order valence-electron chi connectivity index (χ1n) is 22.6. The topological polar surface area (TPSA) is 180 Å². The molecule has 0 fully saturated rings. The molecule has 0 bridgehead atoms. The number of nitrogens with one attached hydrogen (secondary N) is 3. The Labute approximate surface area is 428 Å². The number of hydrogen-bond donors (Lipinski definition) is 3. The van der Waals surface area contributed by atoms with E-state index in [-0.39, 0.29) is 5.91 Å². The van der Waals surface area contributed by atoms with E-state index >= 15 is 0 Å². The van der Waals surface area contributed by atoms with Crippen molar-refractivity contribution in [2.45, 2.75) is 32.4 Å². The zero-order valence-corrected chi connectivity index (χ0v) is 44.4. The highest BCUT2D eigenvalue weighted by Crippen LogP contribution is 2.37. The molecule has 0 unspecified atom stereocenters. The van der Waals surface area contributed by atoms with Gasteiger partial charge >= 0.3 is 0 Å². The number of para-hydroxylation sites is 3. The summed E-state index contributed by atoms with van der Waals surface area (Å²) in [6, 6.07) is 38.1. The summed E-state index contributed by atoms with van der Waals surface area (Å²) >= 11 is 6.94. The number of halogens is 2. The Morgan fingerprint density at radius 2 is 1.14 bits per heavy atom. The van der Waals surface area contributed by atoms with Gasteiger partial charge in [0.1, 0.15) is 29.7 Å². The molecule has 0 aliphatic rings. The minimum Gasteiger partial charge on any atom is -0.496 e. The number of aromatic nitrogens is 9. The van der Waals surface area contributed by atoms with E-state index in [0.29, 0.717) is 23.6 Å². The van der Waals surface area contributed by atoms with Crippen LogP contribution in [0.15, 0.2) is 143 Å². The highest BCUT2D eigenvalue weighted by molar-refractivity contribution is 9.10. The fraction of sp³-hybridized carbons (Fsp3) is 0.189. The molecule has 4 aromatic carbocycles. The van der Waals surface area contributed by atoms with Gasteiger partial charge in [0.25, 0.3) is 5.91 Å². The molecule has 10 rings (SSSR count). The zero-order chi connectivity index (χ0) is 50.1. The van der Waals surface area contributed by atoms with Gasteiger partial charge in [0.2, 0.25) is 0 Å². The third kappa shape index (κ3) is 11.7. The summed E-state index contributed by atoms with van der Waals surface area (Å²) in [5.41, 5.74) is 10.2. The van der Waals surface area contributed by atoms with Crippen LogP contribution in [0.4, 0.5) is 0 Å². The number of pyridine rings is 3. The number of amides is 1. The third-order valence-electron chi connectivity index (χ3n) is 11.4. The number of nitrogens with zero attached hydrogens (tertiary/aromatic N) is 7. The molecular weight excluding hydrogens is 1040 g/mol. The summed E-state index contributed by atoms with van der Waals surface area (Å²) in [4.78, 5) is 25.0. The molecule has 0 aliphatic heterocycles. The van der Waals surface area contributed by atoms with Crippen molar-refractivity contribution in [1.29, 1.82) is 0 Å². The van der Waals surface area contributed by atoms with Gasteiger partial charge in [-0.25, -0.2) is 19.6 Å². The number of rotatable bonds is 13. The number of fused-ring (bicyclic) bond motifs is 3. The molecule has 15 nitrogen and oxygen atoms in total. The standard InChI is InChI=1S/C21H18N4O2.C19H24BrN3O2Si.C13H10BrN3O/c1-22-21(26)14-9-7-13(8-10-14)15-11-17-19(24-25-20(17)23-12-15)16-5-3-4-6-18(16)27-2;1-24-17-8-6-5-7-15(17)18-16-11-14(20)12-21-19(16)23(22-18)13-25-9-10-26(2,3)4;1-18-11-5-3-2-4-9(11)12-10-6-8(14)7-15-13(10)17-16-12/h3-12H,1-2H3,(H,22,26)(H,23,24,25);5-8,11-12H,9-10,13H2,1-4H3;2-7H,1H3,(H,15,16,17). The van der Waals surface area contributed by atoms with Crippen LogP contribution in [0.2, 0.25) is 25.7 Å². The fourth-order valence-electron chi connectivity index (χ4n) is 7.70. The lowest BCUT2D eigenvalue weighted by molar-refractivity contribution is 0.0814. The molecule has 0 aliphatic carbocycles. The Hall–Kier alpha value is -7.25. The molecule has 71 heavy (non-hydrogen) atoms. The van der Waals surface area contributed by atoms with Crippen molar-refractivity contribution in [2.24, 2.45) is 0 Å². The van der Waals surface area contributed by atoms with Crippen molar-refractivity contribution in [3.05, 3.63) is 148 Å². The average molecular weight is 1100 g/mol. The SMILES string of the molecule is CNC(=O)c1ccc(-c2cnc3n[nH]c(-c4ccccc4OC)c3c2)cc1.COc1ccccc1-c1[nH]nc2ncc(Br)cc12.COc1ccccc1-c1nn(COCC[Si](C)(C)C)c2ncc(Br)cc12. The molecule has 0 spiro atoms. The lowest BCUT2D eigenvalue weighted by atomic mass is 10.0. The first-order valence-corrected chi connectivity index (χ1v) is 27.8. The van der Waals surface area contributed by atoms with E-state index < -0.39 is 8.07 Å². The second-order valence-corrected chi connectivity index (χ2v) is 24.7. The Bertz CT molecular complexity index is 3450. The summed E-state index contributed by atoms with van der Waals surface area (Å²) in [5, 5.41) is 24.8. The summed E-state index contributed by atoms with van der Waals surface area (Å²) in [7, 11) is 5.49. The van der Waals surface area contributed by atoms with Gasteiger partial charge in [0, 0.05) is 93.2 Å². The molecule has 6 heterocycles. The van der Waals surface area contributed by atoms with Gasteiger partial charge in [-0.3, -0.25) is 15.0 Å². The van der Waals surface area contributed by atoms with Crippen LogP contribution in [0, 0.1) is 0 Å². The van der Waals surface area contributed by atoms with Gasteiger partial charge in [-0.2, -0.15) is 15.3 Å². The van der Waals surface area contributed by atoms with Crippen molar-refractivity contribution >= 4 is 78.9 Å². The molecule has 10 aromatic rings. The van der Waals surface area contributed by atoms with Gasteiger partial charge < -0.3 is 24.3 Å². The Balaban J connectivity index is 0.000000146. The first kappa shape index (κ1) is 50.1. The van der Waals surface area contributed by atoms with Gasteiger partial charge in [-0.15, -0.1) is 0 Å². The monoisotopic (exact) mass is 1090 g/mol. The quantitative estimate of drug-likeness (QED) is 0.0739. The normalized spacial score (nSPS) is 11.2. The van der Waals surface area contributed by atoms with Crippen LogP contribution in [-0.4, -0.2) is 94.1 Å². The Morgan fingerprint density at radius 1 is 0.634 bits per heavy atom. The highest BCUT2D eigenvalue weighted by Gasteiger charge is 2.19. The Morgan fingerprint density at radius 3 is 1.70 bits per heavy atom. The smallest absolute Gasteiger partial charge is 0.251 e. The van der Waals surface area contributed by atoms with E-state index in [9.17, 15) is 4.79 Å². The fourth-order valence-corrected chi connectivity index (χ4v) is 9.11. The molecule has 0 saturated carbocycles. The second-order valence-electron chi connectivity index (χ2n) is 17.3. The molecule has 0 saturated heterocycles. The van der Waals surface area contributed by atoms with Gasteiger partial charge in [0.15, 0.2) is 16.9 Å². The van der Waals surface area contributed by atoms with Crippen LogP contribution in [0.5, 0.6) is 17.2 Å². The number of methoxy groups -OCH3 is 3. The number of carbonyl (C=O) groups is 1. The number of aromatic amines is 2. The van der Waals surface area contributed by atoms with E-state index in [1.807, 2.05) is 108 Å². The second kappa shape index (κ2) is 22.7. The summed E-state index contributed by atoms with van der Waals surface area (Å²) in [6.07, 6.45) is 5.30. The van der Waals surface area contributed by atoms with Crippen LogP contribution < -0.4 is 19.5 Å². The van der Waals surface area contributed by atoms with E-state index in [2.05, 4.69) is 92.2 Å². The molecule has 0 radical (unpaired) electrons. The lowest BCUT2D eigenvalue weighted by Gasteiger charge is -2.15. The summed E-state index contributed by atoms with van der Waals surface area (Å²) in [6.45, 7) is 8.18. The van der Waals surface area contributed by atoms with Crippen molar-refractivity contribution in [3.8, 4) is 62.1 Å². The van der Waals surface area contributed by atoms with Gasteiger partial charge in [-0.1, -0.05) is 68.2 Å². The predicted octanol–water partition coefficient (Wildman–Crippen LogP) is 12.2. The van der Waals surface area contributed by atoms with E-state index in [4.69, 9.17) is 24.0 Å². The van der Waals surface area contributed by atoms with Crippen LogP contribution in [0.25, 0.3) is 78.0 Å². The first-order chi connectivity index (χ1) is 34.4. The highest BCUT2D eigenvalue weighted by atomic mass is 79.9. The number of ether oxygens (including phenoxy) is 4. The minimum absolute atomic E-state index is 0.108. The molecule has 362 valence electrons. The number of carbonyl (C=O) groups excluding carboxylic acids is 1. The number of hydrogen-bond acceptors (Lipinski definition) is 11. The van der Waals surface area contributed by atoms with Crippen LogP contribution in [0.3, 0.4) is 0 Å². The van der Waals surface area contributed by atoms with E-state index in [0.717, 1.165) is 106 Å². The number of benzene rings is 4. The largest absolute Gasteiger partial charge is 0.496 e. The minimum atomic E-state index is -1.11. The maximum absolute atomic E-state index is 11.7. The molecule has 0 atom stereocenters. The molecular formula is C53H52Br2N10O5Si. The van der Waals surface area contributed by atoms with Gasteiger partial charge in [-0.05, 0) is 110 Å². The van der Waals surface area contributed by atoms with E-state index in [1.165, 1.54) is 0 Å². The van der Waals surface area contributed by atoms with Crippen LogP contribution in [-0.2, 0) is 11.5 Å². The predicted molar refractivity (Wildman–Crippen MR) is 290 cm³/mol. The number of H-pyrrole nitrogens is 2. The zero-order valence-electron chi connectivity index (χ0n) is 40.3. The van der Waals surface area contributed by atoms with Crippen molar-refractivity contribution in [2.75, 3.05) is 35.0 Å². The molecule has 18 heteroatoms. The van der Waals surface area contributed by atoms with Crippen LogP contribution >= 0.6 is 31.9 Å². The van der Waals surface area contributed by atoms with E-state index in [1.54, 1.807) is 59.1 Å². The summed E-state index contributed by atoms with van der Waals surface area (Å²) < 4.78 is 25.9. The van der Waals surface area contributed by atoms with Gasteiger partial charge in [0.05, 0.1) is 32.7 Å². The maximum Gasteiger partial charge on any atom is 0.251 e. The molecule has 6 aromatic heterocycles. The van der Waals surface area contributed by atoms with Crippen molar-refractivity contribution in [1.82, 2.24) is 50.4 Å². The Kier molecular flexibility index (Phi) is 16.0. The lowest BCUT2D eigenvalue weighted by Crippen LogP contribution is -2.22. The average Bonchev–Trinajstić information content (AvgIpc) is 4.12. The maximum atomic E-state index is 11.7. The third-order valence-corrected chi connectivity index (χ3v) is 13.9. The van der Waals surface area contributed by atoms with Crippen molar-refractivity contribution in [3.63, 3.8) is 0 Å². The molecule has 3 N–H and O–H groups in total. The van der Waals surface area contributed by atoms with Crippen molar-refractivity contribution < 1.29 is 23.7 Å².